The summed E-state index contributed by atoms with van der Waals surface area (Å²) in [4.78, 5) is 0. The van der Waals surface area contributed by atoms with Gasteiger partial charge in [-0.05, 0) is 61.7 Å². The van der Waals surface area contributed by atoms with Crippen LogP contribution in [0.2, 0.25) is 0 Å². The third-order valence-electron chi connectivity index (χ3n) is 3.83. The molecule has 2 atom stereocenters. The summed E-state index contributed by atoms with van der Waals surface area (Å²) in [7, 11) is 0. The smallest absolute Gasteiger partial charge is 0.137 e. The van der Waals surface area contributed by atoms with Gasteiger partial charge in [0.25, 0.3) is 0 Å². The second kappa shape index (κ2) is 4.83. The molecule has 1 heterocycles. The third-order valence-corrected chi connectivity index (χ3v) is 4.66. The normalized spacial score (nSPS) is 26.4. The summed E-state index contributed by atoms with van der Waals surface area (Å²) in [6.45, 7) is 7.98. The van der Waals surface area contributed by atoms with Crippen molar-refractivity contribution >= 4 is 15.9 Å². The zero-order chi connectivity index (χ0) is 14.4. The quantitative estimate of drug-likeness (QED) is 0.879. The lowest BCUT2D eigenvalue weighted by Gasteiger charge is -2.30. The molecule has 2 unspecified atom stereocenters. The Morgan fingerprint density at radius 1 is 1.37 bits per heavy atom. The average molecular weight is 331 g/mol. The van der Waals surface area contributed by atoms with E-state index in [4.69, 9.17) is 4.74 Å². The van der Waals surface area contributed by atoms with Crippen molar-refractivity contribution < 1.29 is 14.2 Å². The van der Waals surface area contributed by atoms with Crippen LogP contribution in [-0.2, 0) is 4.74 Å². The highest BCUT2D eigenvalue weighted by Gasteiger charge is 2.49. The van der Waals surface area contributed by atoms with E-state index in [9.17, 15) is 9.50 Å². The van der Waals surface area contributed by atoms with Crippen LogP contribution in [0.3, 0.4) is 0 Å². The van der Waals surface area contributed by atoms with Crippen molar-refractivity contribution in [2.24, 2.45) is 5.92 Å². The van der Waals surface area contributed by atoms with Gasteiger partial charge < -0.3 is 9.84 Å². The zero-order valence-corrected chi connectivity index (χ0v) is 13.3. The molecule has 1 N–H and O–H groups in total. The molecule has 19 heavy (non-hydrogen) atoms. The van der Waals surface area contributed by atoms with Crippen molar-refractivity contribution in [2.75, 3.05) is 0 Å². The Bertz CT molecular complexity index is 485. The molecule has 0 saturated carbocycles. The fourth-order valence-electron chi connectivity index (χ4n) is 3.06. The van der Waals surface area contributed by atoms with Crippen LogP contribution in [0.15, 0.2) is 22.7 Å². The first-order chi connectivity index (χ1) is 8.64. The Kier molecular flexibility index (Phi) is 3.80. The van der Waals surface area contributed by atoms with E-state index in [2.05, 4.69) is 15.9 Å². The standard InChI is InChI=1S/C15H20BrFO2/c1-14(2)8-10(15(3,4)19-14)13(18)9-6-5-7-11(17)12(9)16/h5-7,10,13,18H,8H2,1-4H3. The summed E-state index contributed by atoms with van der Waals surface area (Å²) in [5.41, 5.74) is -0.122. The Labute approximate surface area is 122 Å². The largest absolute Gasteiger partial charge is 0.388 e. The molecular formula is C15H20BrFO2. The molecule has 0 aliphatic carbocycles. The van der Waals surface area contributed by atoms with Crippen LogP contribution in [-0.4, -0.2) is 16.3 Å². The average Bonchev–Trinajstić information content (AvgIpc) is 2.50. The molecule has 1 aromatic carbocycles. The molecule has 2 rings (SSSR count). The minimum absolute atomic E-state index is 0.0689. The van der Waals surface area contributed by atoms with E-state index in [1.807, 2.05) is 27.7 Å². The first kappa shape index (κ1) is 14.9. The van der Waals surface area contributed by atoms with Gasteiger partial charge in [0.15, 0.2) is 0 Å². The highest BCUT2D eigenvalue weighted by molar-refractivity contribution is 9.10. The molecule has 1 saturated heterocycles. The van der Waals surface area contributed by atoms with Gasteiger partial charge in [-0.15, -0.1) is 0 Å². The molecule has 0 spiro atoms. The fraction of sp³-hybridized carbons (Fsp3) is 0.600. The van der Waals surface area contributed by atoms with Gasteiger partial charge in [-0.25, -0.2) is 4.39 Å². The predicted octanol–water partition coefficient (Wildman–Crippen LogP) is 4.22. The van der Waals surface area contributed by atoms with Crippen LogP contribution in [0.4, 0.5) is 4.39 Å². The van der Waals surface area contributed by atoms with Crippen molar-refractivity contribution in [3.8, 4) is 0 Å². The predicted molar refractivity (Wildman–Crippen MR) is 76.4 cm³/mol. The minimum atomic E-state index is -0.748. The topological polar surface area (TPSA) is 29.5 Å². The number of hydrogen-bond acceptors (Lipinski definition) is 2. The molecule has 0 aromatic heterocycles. The number of rotatable bonds is 2. The molecule has 1 aromatic rings. The molecule has 0 radical (unpaired) electrons. The lowest BCUT2D eigenvalue weighted by molar-refractivity contribution is -0.0881. The molecule has 2 nitrogen and oxygen atoms in total. The molecule has 4 heteroatoms. The Morgan fingerprint density at radius 2 is 2.00 bits per heavy atom. The van der Waals surface area contributed by atoms with Crippen LogP contribution < -0.4 is 0 Å². The lowest BCUT2D eigenvalue weighted by atomic mass is 9.80. The van der Waals surface area contributed by atoms with E-state index in [0.717, 1.165) is 6.42 Å². The van der Waals surface area contributed by atoms with Gasteiger partial charge in [-0.3, -0.25) is 0 Å². The van der Waals surface area contributed by atoms with E-state index >= 15 is 0 Å². The number of benzene rings is 1. The second-order valence-electron chi connectivity index (χ2n) is 6.36. The van der Waals surface area contributed by atoms with Gasteiger partial charge in [0.1, 0.15) is 5.82 Å². The third kappa shape index (κ3) is 2.86. The molecule has 0 amide bonds. The monoisotopic (exact) mass is 330 g/mol. The van der Waals surface area contributed by atoms with Crippen LogP contribution in [0.25, 0.3) is 0 Å². The van der Waals surface area contributed by atoms with E-state index in [0.29, 0.717) is 10.0 Å². The summed E-state index contributed by atoms with van der Waals surface area (Å²) in [5, 5.41) is 10.6. The van der Waals surface area contributed by atoms with E-state index < -0.39 is 11.7 Å². The van der Waals surface area contributed by atoms with Crippen LogP contribution >= 0.6 is 15.9 Å². The lowest BCUT2D eigenvalue weighted by Crippen LogP contribution is -2.32. The van der Waals surface area contributed by atoms with Crippen molar-refractivity contribution in [1.82, 2.24) is 0 Å². The number of halogens is 2. The molecular weight excluding hydrogens is 311 g/mol. The van der Waals surface area contributed by atoms with Gasteiger partial charge in [0.05, 0.1) is 21.8 Å². The van der Waals surface area contributed by atoms with Crippen molar-refractivity contribution in [1.29, 1.82) is 0 Å². The number of hydrogen-bond donors (Lipinski definition) is 1. The highest BCUT2D eigenvalue weighted by Crippen LogP contribution is 2.48. The summed E-state index contributed by atoms with van der Waals surface area (Å²) in [6.07, 6.45) is -0.00809. The summed E-state index contributed by atoms with van der Waals surface area (Å²) < 4.78 is 19.9. The first-order valence-electron chi connectivity index (χ1n) is 6.46. The molecule has 106 valence electrons. The fourth-order valence-corrected chi connectivity index (χ4v) is 3.56. The van der Waals surface area contributed by atoms with Crippen molar-refractivity contribution in [3.63, 3.8) is 0 Å². The van der Waals surface area contributed by atoms with Gasteiger partial charge in [0.2, 0.25) is 0 Å². The summed E-state index contributed by atoms with van der Waals surface area (Å²) >= 11 is 3.22. The number of aliphatic hydroxyl groups is 1. The Hall–Kier alpha value is -0.450. The van der Waals surface area contributed by atoms with Gasteiger partial charge >= 0.3 is 0 Å². The second-order valence-corrected chi connectivity index (χ2v) is 7.16. The maximum Gasteiger partial charge on any atom is 0.137 e. The van der Waals surface area contributed by atoms with Crippen molar-refractivity contribution in [2.45, 2.75) is 51.4 Å². The SMILES string of the molecule is CC1(C)CC(C(O)c2cccc(F)c2Br)C(C)(C)O1. The first-order valence-corrected chi connectivity index (χ1v) is 7.25. The van der Waals surface area contributed by atoms with Crippen molar-refractivity contribution in [3.05, 3.63) is 34.1 Å². The zero-order valence-electron chi connectivity index (χ0n) is 11.7. The van der Waals surface area contributed by atoms with Gasteiger partial charge in [-0.2, -0.15) is 0 Å². The van der Waals surface area contributed by atoms with Gasteiger partial charge in [0, 0.05) is 5.92 Å². The Balaban J connectivity index is 2.34. The maximum absolute atomic E-state index is 13.6. The maximum atomic E-state index is 13.6. The van der Waals surface area contributed by atoms with E-state index in [-0.39, 0.29) is 17.3 Å². The molecule has 1 fully saturated rings. The van der Waals surface area contributed by atoms with E-state index in [1.165, 1.54) is 6.07 Å². The highest BCUT2D eigenvalue weighted by atomic mass is 79.9. The number of aliphatic hydroxyl groups excluding tert-OH is 1. The van der Waals surface area contributed by atoms with E-state index in [1.54, 1.807) is 12.1 Å². The molecule has 1 aliphatic rings. The minimum Gasteiger partial charge on any atom is -0.388 e. The van der Waals surface area contributed by atoms with Crippen LogP contribution in [0.5, 0.6) is 0 Å². The molecule has 1 aliphatic heterocycles. The number of ether oxygens (including phenoxy) is 1. The summed E-state index contributed by atoms with van der Waals surface area (Å²) in [6, 6.07) is 4.74. The van der Waals surface area contributed by atoms with Gasteiger partial charge in [-0.1, -0.05) is 12.1 Å². The Morgan fingerprint density at radius 3 is 2.53 bits per heavy atom. The molecule has 0 bridgehead atoms. The van der Waals surface area contributed by atoms with Crippen LogP contribution in [0.1, 0.15) is 45.8 Å². The van der Waals surface area contributed by atoms with Crippen LogP contribution in [0, 0.1) is 11.7 Å². The summed E-state index contributed by atoms with van der Waals surface area (Å²) in [5.74, 6) is -0.423.